The third-order valence-electron chi connectivity index (χ3n) is 2.55. The second-order valence-electron chi connectivity index (χ2n) is 3.83. The average molecular weight is 296 g/mol. The molecule has 90 valence electrons. The van der Waals surface area contributed by atoms with E-state index in [4.69, 9.17) is 4.74 Å². The molecule has 0 radical (unpaired) electrons. The number of benzene rings is 1. The summed E-state index contributed by atoms with van der Waals surface area (Å²) in [5.41, 5.74) is 2.04. The predicted octanol–water partition coefficient (Wildman–Crippen LogP) is 3.25. The summed E-state index contributed by atoms with van der Waals surface area (Å²) in [4.78, 5) is 11.3. The highest BCUT2D eigenvalue weighted by Crippen LogP contribution is 2.27. The normalized spacial score (nSPS) is 14.5. The third kappa shape index (κ3) is 3.33. The summed E-state index contributed by atoms with van der Waals surface area (Å²) >= 11 is 3.34. The first-order valence-corrected chi connectivity index (χ1v) is 6.72. The van der Waals surface area contributed by atoms with Crippen LogP contribution in [-0.4, -0.2) is 11.2 Å². The molecule has 0 saturated heterocycles. The molecule has 0 aromatic heterocycles. The maximum atomic E-state index is 11.3. The summed E-state index contributed by atoms with van der Waals surface area (Å²) in [7, 11) is 0. The summed E-state index contributed by atoms with van der Waals surface area (Å²) in [5.74, 6) is 0.821. The van der Waals surface area contributed by atoms with E-state index in [-0.39, 0.29) is 5.91 Å². The van der Waals surface area contributed by atoms with Gasteiger partial charge in [-0.1, -0.05) is 22.0 Å². The lowest BCUT2D eigenvalue weighted by atomic mass is 10.0. The van der Waals surface area contributed by atoms with Crippen LogP contribution >= 0.6 is 15.9 Å². The van der Waals surface area contributed by atoms with E-state index in [1.165, 1.54) is 5.56 Å². The van der Waals surface area contributed by atoms with Gasteiger partial charge in [-0.15, -0.1) is 0 Å². The molecule has 4 heteroatoms. The van der Waals surface area contributed by atoms with Gasteiger partial charge >= 0.3 is 0 Å². The minimum absolute atomic E-state index is 0.0736. The van der Waals surface area contributed by atoms with Crippen LogP contribution in [0, 0.1) is 0 Å². The van der Waals surface area contributed by atoms with Crippen molar-refractivity contribution in [1.82, 2.24) is 0 Å². The zero-order chi connectivity index (χ0) is 12.1. The fourth-order valence-electron chi connectivity index (χ4n) is 1.68. The van der Waals surface area contributed by atoms with E-state index in [9.17, 15) is 4.79 Å². The summed E-state index contributed by atoms with van der Waals surface area (Å²) in [5, 5.41) is 3.78. The van der Waals surface area contributed by atoms with Gasteiger partial charge in [-0.25, -0.2) is 0 Å². The summed E-state index contributed by atoms with van der Waals surface area (Å²) in [6.07, 6.45) is 5.93. The zero-order valence-corrected chi connectivity index (χ0v) is 11.0. The number of amides is 1. The van der Waals surface area contributed by atoms with E-state index in [1.54, 1.807) is 6.26 Å². The molecule has 1 N–H and O–H groups in total. The van der Waals surface area contributed by atoms with E-state index in [0.717, 1.165) is 29.6 Å². The number of allylic oxidation sites excluding steroid dienone is 1. The molecule has 0 unspecified atom stereocenters. The Morgan fingerprint density at radius 3 is 3.12 bits per heavy atom. The number of aryl methyl sites for hydroxylation is 1. The fourth-order valence-corrected chi connectivity index (χ4v) is 1.95. The number of hydrogen-bond acceptors (Lipinski definition) is 2. The lowest BCUT2D eigenvalue weighted by Gasteiger charge is -2.17. The third-order valence-corrected chi connectivity index (χ3v) is 3.01. The molecular formula is C13H14BrNO2. The van der Waals surface area contributed by atoms with Crippen LogP contribution in [0.1, 0.15) is 18.4 Å². The van der Waals surface area contributed by atoms with Gasteiger partial charge < -0.3 is 10.1 Å². The first-order chi connectivity index (χ1) is 8.29. The molecule has 1 aromatic carbocycles. The van der Waals surface area contributed by atoms with Gasteiger partial charge in [0, 0.05) is 23.5 Å². The Balaban J connectivity index is 2.05. The van der Waals surface area contributed by atoms with Gasteiger partial charge in [-0.05, 0) is 30.5 Å². The number of halogens is 1. The quantitative estimate of drug-likeness (QED) is 0.684. The lowest BCUT2D eigenvalue weighted by Crippen LogP contribution is -2.18. The van der Waals surface area contributed by atoms with E-state index in [1.807, 2.05) is 24.3 Å². The summed E-state index contributed by atoms with van der Waals surface area (Å²) in [6.45, 7) is 0. The molecule has 1 heterocycles. The number of anilines is 1. The molecule has 0 saturated carbocycles. The van der Waals surface area contributed by atoms with Crippen molar-refractivity contribution in [3.05, 3.63) is 36.1 Å². The highest BCUT2D eigenvalue weighted by atomic mass is 79.9. The van der Waals surface area contributed by atoms with Gasteiger partial charge in [0.1, 0.15) is 5.75 Å². The molecule has 1 aromatic rings. The average Bonchev–Trinajstić information content (AvgIpc) is 2.34. The Morgan fingerprint density at radius 2 is 2.29 bits per heavy atom. The van der Waals surface area contributed by atoms with Gasteiger partial charge in [0.15, 0.2) is 0 Å². The van der Waals surface area contributed by atoms with Crippen LogP contribution < -0.4 is 10.1 Å². The molecule has 0 atom stereocenters. The van der Waals surface area contributed by atoms with E-state index in [2.05, 4.69) is 21.2 Å². The Kier molecular flexibility index (Phi) is 4.20. The first-order valence-electron chi connectivity index (χ1n) is 5.60. The molecule has 3 nitrogen and oxygen atoms in total. The van der Waals surface area contributed by atoms with Crippen LogP contribution in [0.3, 0.4) is 0 Å². The number of ether oxygens (including phenoxy) is 1. The molecular weight excluding hydrogens is 282 g/mol. The van der Waals surface area contributed by atoms with Gasteiger partial charge in [-0.2, -0.15) is 0 Å². The highest BCUT2D eigenvalue weighted by molar-refractivity contribution is 9.09. The van der Waals surface area contributed by atoms with Crippen molar-refractivity contribution in [2.75, 3.05) is 10.6 Å². The highest BCUT2D eigenvalue weighted by Gasteiger charge is 2.14. The Labute approximate surface area is 109 Å². The van der Waals surface area contributed by atoms with Crippen LogP contribution in [-0.2, 0) is 11.2 Å². The van der Waals surface area contributed by atoms with Crippen molar-refractivity contribution in [3.63, 3.8) is 0 Å². The number of carbonyl (C=O) groups excluding carboxylic acids is 1. The van der Waals surface area contributed by atoms with Crippen LogP contribution in [0.25, 0.3) is 0 Å². The Hall–Kier alpha value is -1.29. The molecule has 2 rings (SSSR count). The van der Waals surface area contributed by atoms with Crippen molar-refractivity contribution in [3.8, 4) is 5.75 Å². The molecule has 17 heavy (non-hydrogen) atoms. The lowest BCUT2D eigenvalue weighted by molar-refractivity contribution is -0.116. The molecule has 1 aliphatic rings. The van der Waals surface area contributed by atoms with Crippen LogP contribution in [0.15, 0.2) is 30.5 Å². The Morgan fingerprint density at radius 1 is 1.41 bits per heavy atom. The molecule has 1 amide bonds. The largest absolute Gasteiger partial charge is 0.465 e. The molecule has 0 aliphatic carbocycles. The minimum atomic E-state index is 0.0736. The molecule has 0 bridgehead atoms. The van der Waals surface area contributed by atoms with Gasteiger partial charge in [-0.3, -0.25) is 4.79 Å². The second kappa shape index (κ2) is 5.87. The van der Waals surface area contributed by atoms with Crippen LogP contribution in [0.5, 0.6) is 5.75 Å². The van der Waals surface area contributed by atoms with E-state index >= 15 is 0 Å². The van der Waals surface area contributed by atoms with Gasteiger partial charge in [0.2, 0.25) is 5.91 Å². The van der Waals surface area contributed by atoms with Gasteiger partial charge in [0.25, 0.3) is 0 Å². The standard InChI is InChI=1S/C13H14BrNO2/c14-7-1-2-8-17-11-5-3-10-4-6-13(16)15-12(10)9-11/h2-3,5,8-9H,1,4,6-7H2,(H,15,16). The summed E-state index contributed by atoms with van der Waals surface area (Å²) in [6, 6.07) is 5.79. The number of fused-ring (bicyclic) bond motifs is 1. The molecule has 0 spiro atoms. The van der Waals surface area contributed by atoms with E-state index < -0.39 is 0 Å². The van der Waals surface area contributed by atoms with Crippen molar-refractivity contribution in [2.24, 2.45) is 0 Å². The summed E-state index contributed by atoms with van der Waals surface area (Å²) < 4.78 is 5.46. The maximum absolute atomic E-state index is 11.3. The van der Waals surface area contributed by atoms with Crippen LogP contribution in [0.2, 0.25) is 0 Å². The smallest absolute Gasteiger partial charge is 0.224 e. The van der Waals surface area contributed by atoms with E-state index in [0.29, 0.717) is 6.42 Å². The minimum Gasteiger partial charge on any atom is -0.465 e. The van der Waals surface area contributed by atoms with Crippen molar-refractivity contribution in [2.45, 2.75) is 19.3 Å². The number of hydrogen-bond donors (Lipinski definition) is 1. The Bertz CT molecular complexity index is 443. The number of rotatable bonds is 4. The monoisotopic (exact) mass is 295 g/mol. The topological polar surface area (TPSA) is 38.3 Å². The van der Waals surface area contributed by atoms with Crippen LogP contribution in [0.4, 0.5) is 5.69 Å². The molecule has 1 aliphatic heterocycles. The van der Waals surface area contributed by atoms with Crippen molar-refractivity contribution >= 4 is 27.5 Å². The van der Waals surface area contributed by atoms with Crippen molar-refractivity contribution in [1.29, 1.82) is 0 Å². The maximum Gasteiger partial charge on any atom is 0.224 e. The van der Waals surface area contributed by atoms with Crippen molar-refractivity contribution < 1.29 is 9.53 Å². The first kappa shape index (κ1) is 12.2. The molecule has 0 fully saturated rings. The van der Waals surface area contributed by atoms with Gasteiger partial charge in [0.05, 0.1) is 6.26 Å². The number of carbonyl (C=O) groups is 1. The fraction of sp³-hybridized carbons (Fsp3) is 0.308. The number of alkyl halides is 1. The zero-order valence-electron chi connectivity index (χ0n) is 9.41. The second-order valence-corrected chi connectivity index (χ2v) is 4.63. The SMILES string of the molecule is O=C1CCc2ccc(OC=CCCBr)cc2N1. The predicted molar refractivity (Wildman–Crippen MR) is 71.6 cm³/mol. The number of nitrogens with one attached hydrogen (secondary N) is 1.